The predicted molar refractivity (Wildman–Crippen MR) is 72.5 cm³/mol. The third kappa shape index (κ3) is 2.16. The summed E-state index contributed by atoms with van der Waals surface area (Å²) in [5.41, 5.74) is 1.77. The van der Waals surface area contributed by atoms with Crippen molar-refractivity contribution in [3.63, 3.8) is 0 Å². The van der Waals surface area contributed by atoms with Gasteiger partial charge < -0.3 is 4.74 Å². The summed E-state index contributed by atoms with van der Waals surface area (Å²) in [5.74, 6) is -0.552. The Balaban J connectivity index is 2.73. The van der Waals surface area contributed by atoms with Crippen molar-refractivity contribution in [1.29, 1.82) is 0 Å². The molecule has 0 aliphatic rings. The van der Waals surface area contributed by atoms with Crippen LogP contribution in [0.15, 0.2) is 18.2 Å². The molecule has 0 fully saturated rings. The van der Waals surface area contributed by atoms with Crippen LogP contribution in [-0.4, -0.2) is 17.6 Å². The zero-order chi connectivity index (χ0) is 13.3. The van der Waals surface area contributed by atoms with Crippen molar-refractivity contribution in [1.82, 2.24) is 4.98 Å². The lowest BCUT2D eigenvalue weighted by Crippen LogP contribution is -2.08. The number of rotatable bonds is 2. The van der Waals surface area contributed by atoms with Crippen LogP contribution in [0.1, 0.15) is 22.8 Å². The third-order valence-electron chi connectivity index (χ3n) is 2.59. The van der Waals surface area contributed by atoms with Crippen LogP contribution < -0.4 is 0 Å². The second-order valence-electron chi connectivity index (χ2n) is 3.78. The molecule has 0 radical (unpaired) electrons. The minimum atomic E-state index is -0.552. The number of carbonyl (C=O) groups excluding carboxylic acids is 1. The highest BCUT2D eigenvalue weighted by molar-refractivity contribution is 6.42. The van der Waals surface area contributed by atoms with Gasteiger partial charge in [-0.25, -0.2) is 9.78 Å². The molecule has 0 aliphatic heterocycles. The maximum absolute atomic E-state index is 11.8. The van der Waals surface area contributed by atoms with E-state index in [9.17, 15) is 4.79 Å². The maximum atomic E-state index is 11.8. The molecule has 1 aromatic heterocycles. The number of carbonyl (C=O) groups is 1. The zero-order valence-electron chi connectivity index (χ0n) is 9.96. The largest absolute Gasteiger partial charge is 0.462 e. The smallest absolute Gasteiger partial charge is 0.342 e. The average molecular weight is 284 g/mol. The fourth-order valence-electron chi connectivity index (χ4n) is 1.74. The van der Waals surface area contributed by atoms with Gasteiger partial charge in [0.05, 0.1) is 17.1 Å². The summed E-state index contributed by atoms with van der Waals surface area (Å²) in [4.78, 5) is 16.0. The molecule has 1 heterocycles. The van der Waals surface area contributed by atoms with Gasteiger partial charge in [-0.1, -0.05) is 41.4 Å². The summed E-state index contributed by atoms with van der Waals surface area (Å²) in [6, 6.07) is 5.57. The molecule has 0 bridgehead atoms. The summed E-state index contributed by atoms with van der Waals surface area (Å²) in [6.45, 7) is 3.89. The Kier molecular flexibility index (Phi) is 3.73. The summed E-state index contributed by atoms with van der Waals surface area (Å²) in [7, 11) is 0. The van der Waals surface area contributed by atoms with Crippen molar-refractivity contribution in [3.05, 3.63) is 39.5 Å². The van der Waals surface area contributed by atoms with Crippen LogP contribution in [0.5, 0.6) is 0 Å². The number of nitrogens with zero attached hydrogens (tertiary/aromatic N) is 1. The molecule has 0 saturated carbocycles. The lowest BCUT2D eigenvalue weighted by molar-refractivity contribution is 0.0526. The van der Waals surface area contributed by atoms with E-state index in [-0.39, 0.29) is 22.3 Å². The van der Waals surface area contributed by atoms with Gasteiger partial charge in [0.15, 0.2) is 0 Å². The summed E-state index contributed by atoms with van der Waals surface area (Å²) in [6.07, 6.45) is 0. The van der Waals surface area contributed by atoms with Gasteiger partial charge in [0.1, 0.15) is 10.7 Å². The Morgan fingerprint density at radius 3 is 2.78 bits per heavy atom. The first-order valence-electron chi connectivity index (χ1n) is 5.47. The fourth-order valence-corrected chi connectivity index (χ4v) is 2.36. The number of hydrogen-bond acceptors (Lipinski definition) is 3. The Labute approximate surface area is 115 Å². The number of ether oxygens (including phenoxy) is 1. The second-order valence-corrected chi connectivity index (χ2v) is 4.52. The van der Waals surface area contributed by atoms with Gasteiger partial charge in [0.2, 0.25) is 0 Å². The highest BCUT2D eigenvalue weighted by Crippen LogP contribution is 2.32. The van der Waals surface area contributed by atoms with Crippen LogP contribution in [0.2, 0.25) is 10.2 Å². The van der Waals surface area contributed by atoms with E-state index < -0.39 is 5.97 Å². The molecule has 0 atom stereocenters. The summed E-state index contributed by atoms with van der Waals surface area (Å²) in [5, 5.41) is 1.05. The second kappa shape index (κ2) is 5.12. The van der Waals surface area contributed by atoms with E-state index in [0.717, 1.165) is 5.56 Å². The van der Waals surface area contributed by atoms with Crippen LogP contribution in [0, 0.1) is 6.92 Å². The van der Waals surface area contributed by atoms with E-state index in [1.54, 1.807) is 13.0 Å². The average Bonchev–Trinajstić information content (AvgIpc) is 2.31. The number of pyridine rings is 1. The van der Waals surface area contributed by atoms with Gasteiger partial charge in [0.25, 0.3) is 0 Å². The molecule has 0 aliphatic carbocycles. The highest BCUT2D eigenvalue weighted by atomic mass is 35.5. The van der Waals surface area contributed by atoms with Crippen molar-refractivity contribution in [2.75, 3.05) is 6.61 Å². The molecule has 0 saturated heterocycles. The predicted octanol–water partition coefficient (Wildman–Crippen LogP) is 4.03. The Hall–Kier alpha value is -1.32. The number of benzene rings is 1. The van der Waals surface area contributed by atoms with E-state index in [0.29, 0.717) is 10.9 Å². The Morgan fingerprint density at radius 2 is 2.11 bits per heavy atom. The van der Waals surface area contributed by atoms with Gasteiger partial charge in [-0.3, -0.25) is 0 Å². The minimum Gasteiger partial charge on any atom is -0.462 e. The van der Waals surface area contributed by atoms with Gasteiger partial charge in [-0.15, -0.1) is 0 Å². The molecule has 0 amide bonds. The molecule has 0 unspecified atom stereocenters. The number of aromatic nitrogens is 1. The monoisotopic (exact) mass is 283 g/mol. The van der Waals surface area contributed by atoms with Crippen LogP contribution in [0.4, 0.5) is 0 Å². The first-order valence-corrected chi connectivity index (χ1v) is 6.23. The van der Waals surface area contributed by atoms with Gasteiger partial charge in [-0.2, -0.15) is 0 Å². The molecule has 0 N–H and O–H groups in total. The summed E-state index contributed by atoms with van der Waals surface area (Å²) >= 11 is 12.2. The Bertz CT molecular complexity index is 626. The van der Waals surface area contributed by atoms with Crippen molar-refractivity contribution in [3.8, 4) is 0 Å². The van der Waals surface area contributed by atoms with Crippen molar-refractivity contribution >= 4 is 40.1 Å². The quantitative estimate of drug-likeness (QED) is 0.617. The van der Waals surface area contributed by atoms with Crippen molar-refractivity contribution in [2.24, 2.45) is 0 Å². The number of halogens is 2. The molecule has 0 spiro atoms. The Morgan fingerprint density at radius 1 is 1.39 bits per heavy atom. The molecule has 5 heteroatoms. The molecule has 2 aromatic rings. The molecule has 1 aromatic carbocycles. The highest BCUT2D eigenvalue weighted by Gasteiger charge is 2.20. The van der Waals surface area contributed by atoms with Crippen molar-refractivity contribution in [2.45, 2.75) is 13.8 Å². The lowest BCUT2D eigenvalue weighted by atomic mass is 10.1. The van der Waals surface area contributed by atoms with Crippen molar-refractivity contribution < 1.29 is 9.53 Å². The topological polar surface area (TPSA) is 39.2 Å². The first kappa shape index (κ1) is 13.1. The van der Waals surface area contributed by atoms with E-state index >= 15 is 0 Å². The normalized spacial score (nSPS) is 10.7. The SMILES string of the molecule is CCOC(=O)c1c(Cl)nc2c(C)cccc2c1Cl. The van der Waals surface area contributed by atoms with E-state index in [1.807, 2.05) is 19.1 Å². The molecular formula is C13H11Cl2NO2. The van der Waals surface area contributed by atoms with E-state index in [1.165, 1.54) is 0 Å². The van der Waals surface area contributed by atoms with Gasteiger partial charge >= 0.3 is 5.97 Å². The number of fused-ring (bicyclic) bond motifs is 1. The van der Waals surface area contributed by atoms with E-state index in [4.69, 9.17) is 27.9 Å². The zero-order valence-corrected chi connectivity index (χ0v) is 11.5. The minimum absolute atomic E-state index is 0.0697. The third-order valence-corrected chi connectivity index (χ3v) is 3.26. The first-order chi connectivity index (χ1) is 8.56. The number of hydrogen-bond donors (Lipinski definition) is 0. The van der Waals surface area contributed by atoms with Gasteiger partial charge in [0, 0.05) is 5.39 Å². The van der Waals surface area contributed by atoms with Crippen LogP contribution in [0.3, 0.4) is 0 Å². The van der Waals surface area contributed by atoms with Crippen LogP contribution in [-0.2, 0) is 4.74 Å². The summed E-state index contributed by atoms with van der Waals surface area (Å²) < 4.78 is 4.92. The molecular weight excluding hydrogens is 273 g/mol. The lowest BCUT2D eigenvalue weighted by Gasteiger charge is -2.10. The van der Waals surface area contributed by atoms with E-state index in [2.05, 4.69) is 4.98 Å². The number of esters is 1. The standard InChI is InChI=1S/C13H11Cl2NO2/c1-3-18-13(17)9-10(14)8-6-4-5-7(2)11(8)16-12(9)15/h4-6H,3H2,1-2H3. The van der Waals surface area contributed by atoms with Gasteiger partial charge in [-0.05, 0) is 19.4 Å². The molecule has 3 nitrogen and oxygen atoms in total. The maximum Gasteiger partial charge on any atom is 0.342 e. The van der Waals surface area contributed by atoms with Crippen LogP contribution >= 0.6 is 23.2 Å². The molecule has 18 heavy (non-hydrogen) atoms. The van der Waals surface area contributed by atoms with Crippen LogP contribution in [0.25, 0.3) is 10.9 Å². The molecule has 94 valence electrons. The number of para-hydroxylation sites is 1. The number of aryl methyl sites for hydroxylation is 1. The molecule has 2 rings (SSSR count). The fraction of sp³-hybridized carbons (Fsp3) is 0.231.